The Morgan fingerprint density at radius 2 is 2.10 bits per heavy atom. The van der Waals surface area contributed by atoms with Crippen molar-refractivity contribution in [1.29, 1.82) is 0 Å². The van der Waals surface area contributed by atoms with Crippen molar-refractivity contribution in [3.63, 3.8) is 0 Å². The van der Waals surface area contributed by atoms with Gasteiger partial charge in [0.15, 0.2) is 0 Å². The second-order valence-corrected chi connectivity index (χ2v) is 7.55. The number of hydrogen-bond donors (Lipinski definition) is 2. The van der Waals surface area contributed by atoms with E-state index in [1.807, 2.05) is 6.92 Å². The Hall–Kier alpha value is -0.620. The van der Waals surface area contributed by atoms with Crippen LogP contribution in [0, 0.1) is 0 Å². The SMILES string of the molecule is CC1CCC(C)N1C(C)C(=O)NCC(O)c1ccc(Cl)s1. The van der Waals surface area contributed by atoms with Crippen LogP contribution in [0.3, 0.4) is 0 Å². The lowest BCUT2D eigenvalue weighted by atomic mass is 10.2. The van der Waals surface area contributed by atoms with E-state index in [0.29, 0.717) is 16.4 Å². The lowest BCUT2D eigenvalue weighted by molar-refractivity contribution is -0.127. The van der Waals surface area contributed by atoms with Gasteiger partial charge in [0, 0.05) is 23.5 Å². The molecule has 2 heterocycles. The molecule has 0 aromatic carbocycles. The molecule has 2 rings (SSSR count). The van der Waals surface area contributed by atoms with Crippen molar-refractivity contribution in [2.45, 2.75) is 57.8 Å². The van der Waals surface area contributed by atoms with E-state index in [0.717, 1.165) is 17.7 Å². The van der Waals surface area contributed by atoms with Gasteiger partial charge < -0.3 is 10.4 Å². The molecule has 0 radical (unpaired) electrons. The van der Waals surface area contributed by atoms with Crippen molar-refractivity contribution in [2.75, 3.05) is 6.54 Å². The van der Waals surface area contributed by atoms with Gasteiger partial charge in [0.25, 0.3) is 0 Å². The van der Waals surface area contributed by atoms with Crippen molar-refractivity contribution in [2.24, 2.45) is 0 Å². The largest absolute Gasteiger partial charge is 0.386 e. The Kier molecular flexibility index (Phi) is 5.66. The maximum absolute atomic E-state index is 12.3. The van der Waals surface area contributed by atoms with Crippen LogP contribution in [0.5, 0.6) is 0 Å². The smallest absolute Gasteiger partial charge is 0.237 e. The number of nitrogens with zero attached hydrogens (tertiary/aromatic N) is 1. The topological polar surface area (TPSA) is 52.6 Å². The monoisotopic (exact) mass is 330 g/mol. The molecular formula is C15H23ClN2O2S. The Labute approximate surface area is 135 Å². The summed E-state index contributed by atoms with van der Waals surface area (Å²) in [4.78, 5) is 15.3. The average Bonchev–Trinajstić information content (AvgIpc) is 3.01. The van der Waals surface area contributed by atoms with Gasteiger partial charge in [0.05, 0.1) is 10.4 Å². The highest BCUT2D eigenvalue weighted by atomic mass is 35.5. The van der Waals surface area contributed by atoms with Crippen LogP contribution in [0.4, 0.5) is 0 Å². The van der Waals surface area contributed by atoms with E-state index in [4.69, 9.17) is 11.6 Å². The number of amides is 1. The van der Waals surface area contributed by atoms with Gasteiger partial charge in [-0.25, -0.2) is 0 Å². The van der Waals surface area contributed by atoms with Gasteiger partial charge in [0.1, 0.15) is 6.10 Å². The second-order valence-electron chi connectivity index (χ2n) is 5.80. The highest BCUT2D eigenvalue weighted by Crippen LogP contribution is 2.27. The van der Waals surface area contributed by atoms with Gasteiger partial charge in [-0.2, -0.15) is 0 Å². The summed E-state index contributed by atoms with van der Waals surface area (Å²) in [6.07, 6.45) is 1.57. The molecular weight excluding hydrogens is 308 g/mol. The van der Waals surface area contributed by atoms with Gasteiger partial charge in [-0.05, 0) is 45.7 Å². The summed E-state index contributed by atoms with van der Waals surface area (Å²) in [6, 6.07) is 4.24. The van der Waals surface area contributed by atoms with Gasteiger partial charge in [-0.1, -0.05) is 11.6 Å². The van der Waals surface area contributed by atoms with Crippen LogP contribution >= 0.6 is 22.9 Å². The molecule has 4 unspecified atom stereocenters. The van der Waals surface area contributed by atoms with Crippen molar-refractivity contribution >= 4 is 28.8 Å². The second kappa shape index (κ2) is 7.09. The molecule has 4 nitrogen and oxygen atoms in total. The molecule has 1 saturated heterocycles. The van der Waals surface area contributed by atoms with Crippen molar-refractivity contribution < 1.29 is 9.90 Å². The van der Waals surface area contributed by atoms with Crippen LogP contribution in [-0.4, -0.2) is 40.6 Å². The summed E-state index contributed by atoms with van der Waals surface area (Å²) in [6.45, 7) is 6.48. The molecule has 1 aliphatic heterocycles. The lowest BCUT2D eigenvalue weighted by Crippen LogP contribution is -2.49. The minimum absolute atomic E-state index is 0.0303. The molecule has 118 valence electrons. The van der Waals surface area contributed by atoms with Gasteiger partial charge in [-0.15, -0.1) is 11.3 Å². The van der Waals surface area contributed by atoms with Crippen LogP contribution in [0.15, 0.2) is 12.1 Å². The average molecular weight is 331 g/mol. The van der Waals surface area contributed by atoms with Gasteiger partial charge >= 0.3 is 0 Å². The highest BCUT2D eigenvalue weighted by molar-refractivity contribution is 7.16. The summed E-state index contributed by atoms with van der Waals surface area (Å²) >= 11 is 7.18. The zero-order valence-corrected chi connectivity index (χ0v) is 14.2. The number of hydrogen-bond acceptors (Lipinski definition) is 4. The Balaban J connectivity index is 1.86. The molecule has 2 N–H and O–H groups in total. The first kappa shape index (κ1) is 16.7. The molecule has 21 heavy (non-hydrogen) atoms. The van der Waals surface area contributed by atoms with Crippen molar-refractivity contribution in [3.8, 4) is 0 Å². The van der Waals surface area contributed by atoms with E-state index in [1.54, 1.807) is 12.1 Å². The van der Waals surface area contributed by atoms with E-state index in [2.05, 4.69) is 24.1 Å². The van der Waals surface area contributed by atoms with Crippen LogP contribution in [-0.2, 0) is 4.79 Å². The first-order valence-corrected chi connectivity index (χ1v) is 8.58. The lowest BCUT2D eigenvalue weighted by Gasteiger charge is -2.31. The van der Waals surface area contributed by atoms with Crippen molar-refractivity contribution in [3.05, 3.63) is 21.3 Å². The summed E-state index contributed by atoms with van der Waals surface area (Å²) < 4.78 is 0.642. The third kappa shape index (κ3) is 3.97. The number of carbonyl (C=O) groups is 1. The molecule has 6 heteroatoms. The van der Waals surface area contributed by atoms with E-state index < -0.39 is 6.10 Å². The zero-order chi connectivity index (χ0) is 15.6. The third-order valence-electron chi connectivity index (χ3n) is 4.24. The first-order chi connectivity index (χ1) is 9.90. The summed E-state index contributed by atoms with van der Waals surface area (Å²) in [5.41, 5.74) is 0. The number of nitrogens with one attached hydrogen (secondary N) is 1. The molecule has 0 spiro atoms. The fraction of sp³-hybridized carbons (Fsp3) is 0.667. The maximum atomic E-state index is 12.3. The normalized spacial score (nSPS) is 25.8. The molecule has 0 bridgehead atoms. The number of rotatable bonds is 5. The van der Waals surface area contributed by atoms with E-state index >= 15 is 0 Å². The van der Waals surface area contributed by atoms with E-state index in [9.17, 15) is 9.90 Å². The fourth-order valence-corrected chi connectivity index (χ4v) is 4.11. The minimum Gasteiger partial charge on any atom is -0.386 e. The highest BCUT2D eigenvalue weighted by Gasteiger charge is 2.34. The molecule has 0 saturated carbocycles. The molecule has 1 amide bonds. The standard InChI is InChI=1S/C15H23ClN2O2S/c1-9-4-5-10(2)18(9)11(3)15(20)17-8-12(19)13-6-7-14(16)21-13/h6-7,9-12,19H,4-5,8H2,1-3H3,(H,17,20). The fourth-order valence-electron chi connectivity index (χ4n) is 3.07. The molecule has 1 aromatic heterocycles. The number of likely N-dealkylation sites (tertiary alicyclic amines) is 1. The van der Waals surface area contributed by atoms with E-state index in [1.165, 1.54) is 11.3 Å². The summed E-state index contributed by atoms with van der Waals surface area (Å²) in [5, 5.41) is 12.9. The zero-order valence-electron chi connectivity index (χ0n) is 12.7. The Morgan fingerprint density at radius 3 is 2.62 bits per heavy atom. The van der Waals surface area contributed by atoms with Crippen molar-refractivity contribution in [1.82, 2.24) is 10.2 Å². The van der Waals surface area contributed by atoms with Gasteiger partial charge in [-0.3, -0.25) is 9.69 Å². The number of aliphatic hydroxyl groups excluding tert-OH is 1. The molecule has 1 fully saturated rings. The van der Waals surface area contributed by atoms with Crippen LogP contribution in [0.1, 0.15) is 44.6 Å². The number of carbonyl (C=O) groups excluding carboxylic acids is 1. The molecule has 4 atom stereocenters. The first-order valence-electron chi connectivity index (χ1n) is 7.38. The van der Waals surface area contributed by atoms with Crippen LogP contribution in [0.25, 0.3) is 0 Å². The number of thiophene rings is 1. The minimum atomic E-state index is -0.702. The van der Waals surface area contributed by atoms with Crippen LogP contribution < -0.4 is 5.32 Å². The predicted octanol–water partition coefficient (Wildman–Crippen LogP) is 2.81. The molecule has 0 aliphatic carbocycles. The number of aliphatic hydroxyl groups is 1. The third-order valence-corrected chi connectivity index (χ3v) is 5.57. The predicted molar refractivity (Wildman–Crippen MR) is 86.8 cm³/mol. The maximum Gasteiger partial charge on any atom is 0.237 e. The Bertz CT molecular complexity index is 484. The van der Waals surface area contributed by atoms with Crippen LogP contribution in [0.2, 0.25) is 4.34 Å². The quantitative estimate of drug-likeness (QED) is 0.873. The van der Waals surface area contributed by atoms with Gasteiger partial charge in [0.2, 0.25) is 5.91 Å². The molecule has 1 aliphatic rings. The summed E-state index contributed by atoms with van der Waals surface area (Å²) in [7, 11) is 0. The van der Waals surface area contributed by atoms with E-state index in [-0.39, 0.29) is 18.5 Å². The molecule has 1 aromatic rings. The number of halogens is 1. The summed E-state index contributed by atoms with van der Waals surface area (Å²) in [5.74, 6) is -0.0303. The Morgan fingerprint density at radius 1 is 1.48 bits per heavy atom.